The van der Waals surface area contributed by atoms with Gasteiger partial charge >= 0.3 is 0 Å². The topological polar surface area (TPSA) is 21.3 Å². The van der Waals surface area contributed by atoms with E-state index in [0.717, 1.165) is 18.4 Å². The zero-order valence-electron chi connectivity index (χ0n) is 9.74. The highest BCUT2D eigenvalue weighted by atomic mass is 19.1. The zero-order valence-corrected chi connectivity index (χ0v) is 9.74. The van der Waals surface area contributed by atoms with E-state index in [9.17, 15) is 4.39 Å². The van der Waals surface area contributed by atoms with Gasteiger partial charge < -0.3 is 10.1 Å². The minimum atomic E-state index is -0.181. The number of hydrogen-bond donors (Lipinski definition) is 1. The van der Waals surface area contributed by atoms with E-state index in [1.807, 2.05) is 12.1 Å². The standard InChI is InChI=1S/C13H18FNO/c1-9(10-3-5-11(14)6-4-10)15-12-7-13(8-12)16-2/h3-6,9,12-13,15H,7-8H2,1-2H3. The first-order valence-corrected chi connectivity index (χ1v) is 5.73. The van der Waals surface area contributed by atoms with Gasteiger partial charge in [-0.05, 0) is 37.5 Å². The van der Waals surface area contributed by atoms with E-state index in [-0.39, 0.29) is 11.9 Å². The highest BCUT2D eigenvalue weighted by Crippen LogP contribution is 2.25. The first-order valence-electron chi connectivity index (χ1n) is 5.73. The third-order valence-electron chi connectivity index (χ3n) is 3.28. The van der Waals surface area contributed by atoms with Crippen molar-refractivity contribution in [1.82, 2.24) is 5.32 Å². The van der Waals surface area contributed by atoms with Crippen molar-refractivity contribution < 1.29 is 9.13 Å². The molecule has 2 rings (SSSR count). The summed E-state index contributed by atoms with van der Waals surface area (Å²) in [6.45, 7) is 2.10. The van der Waals surface area contributed by atoms with Gasteiger partial charge in [-0.25, -0.2) is 4.39 Å². The van der Waals surface area contributed by atoms with Gasteiger partial charge in [-0.15, -0.1) is 0 Å². The maximum atomic E-state index is 12.8. The molecular weight excluding hydrogens is 205 g/mol. The number of methoxy groups -OCH3 is 1. The van der Waals surface area contributed by atoms with Gasteiger partial charge in [0.1, 0.15) is 5.82 Å². The van der Waals surface area contributed by atoms with Crippen molar-refractivity contribution in [2.75, 3.05) is 7.11 Å². The van der Waals surface area contributed by atoms with E-state index >= 15 is 0 Å². The average Bonchev–Trinajstić information content (AvgIpc) is 2.23. The molecule has 88 valence electrons. The molecule has 0 amide bonds. The summed E-state index contributed by atoms with van der Waals surface area (Å²) in [5, 5.41) is 3.51. The summed E-state index contributed by atoms with van der Waals surface area (Å²) in [6, 6.07) is 7.48. The van der Waals surface area contributed by atoms with Crippen molar-refractivity contribution in [2.45, 2.75) is 38.0 Å². The minimum absolute atomic E-state index is 0.181. The zero-order chi connectivity index (χ0) is 11.5. The fraction of sp³-hybridized carbons (Fsp3) is 0.538. The molecule has 1 aromatic carbocycles. The van der Waals surface area contributed by atoms with Gasteiger partial charge in [0.15, 0.2) is 0 Å². The highest BCUT2D eigenvalue weighted by Gasteiger charge is 2.29. The van der Waals surface area contributed by atoms with Crippen LogP contribution in [0.1, 0.15) is 31.4 Å². The van der Waals surface area contributed by atoms with Crippen LogP contribution >= 0.6 is 0 Å². The molecule has 1 aliphatic carbocycles. The summed E-state index contributed by atoms with van der Waals surface area (Å²) < 4.78 is 18.0. The van der Waals surface area contributed by atoms with Crippen LogP contribution in [0, 0.1) is 5.82 Å². The predicted octanol–water partition coefficient (Wildman–Crippen LogP) is 2.65. The fourth-order valence-corrected chi connectivity index (χ4v) is 2.10. The van der Waals surface area contributed by atoms with Crippen molar-refractivity contribution in [3.05, 3.63) is 35.6 Å². The van der Waals surface area contributed by atoms with Gasteiger partial charge in [-0.1, -0.05) is 12.1 Å². The van der Waals surface area contributed by atoms with E-state index in [1.54, 1.807) is 7.11 Å². The molecule has 0 heterocycles. The van der Waals surface area contributed by atoms with Crippen molar-refractivity contribution in [3.63, 3.8) is 0 Å². The van der Waals surface area contributed by atoms with Gasteiger partial charge in [0.2, 0.25) is 0 Å². The molecule has 1 aromatic rings. The van der Waals surface area contributed by atoms with Crippen molar-refractivity contribution in [1.29, 1.82) is 0 Å². The van der Waals surface area contributed by atoms with E-state index in [1.165, 1.54) is 12.1 Å². The van der Waals surface area contributed by atoms with Crippen LogP contribution in [0.15, 0.2) is 24.3 Å². The summed E-state index contributed by atoms with van der Waals surface area (Å²) >= 11 is 0. The monoisotopic (exact) mass is 223 g/mol. The van der Waals surface area contributed by atoms with Gasteiger partial charge in [0.05, 0.1) is 6.10 Å². The second-order valence-corrected chi connectivity index (χ2v) is 4.47. The van der Waals surface area contributed by atoms with E-state index < -0.39 is 0 Å². The van der Waals surface area contributed by atoms with Gasteiger partial charge in [-0.2, -0.15) is 0 Å². The van der Waals surface area contributed by atoms with Crippen molar-refractivity contribution >= 4 is 0 Å². The molecule has 2 nitrogen and oxygen atoms in total. The van der Waals surface area contributed by atoms with Gasteiger partial charge in [0.25, 0.3) is 0 Å². The van der Waals surface area contributed by atoms with Crippen LogP contribution in [0.25, 0.3) is 0 Å². The Morgan fingerprint density at radius 2 is 1.94 bits per heavy atom. The quantitative estimate of drug-likeness (QED) is 0.847. The third-order valence-corrected chi connectivity index (χ3v) is 3.28. The van der Waals surface area contributed by atoms with Gasteiger partial charge in [-0.3, -0.25) is 0 Å². The summed E-state index contributed by atoms with van der Waals surface area (Å²) in [4.78, 5) is 0. The maximum Gasteiger partial charge on any atom is 0.123 e. The van der Waals surface area contributed by atoms with Gasteiger partial charge in [0, 0.05) is 19.2 Å². The number of hydrogen-bond acceptors (Lipinski definition) is 2. The molecule has 3 heteroatoms. The fourth-order valence-electron chi connectivity index (χ4n) is 2.10. The summed E-state index contributed by atoms with van der Waals surface area (Å²) in [7, 11) is 1.75. The molecule has 0 bridgehead atoms. The maximum absolute atomic E-state index is 12.8. The summed E-state index contributed by atoms with van der Waals surface area (Å²) in [5.41, 5.74) is 1.13. The van der Waals surface area contributed by atoms with E-state index in [2.05, 4.69) is 12.2 Å². The van der Waals surface area contributed by atoms with Crippen molar-refractivity contribution in [3.8, 4) is 0 Å². The summed E-state index contributed by atoms with van der Waals surface area (Å²) in [6.07, 6.45) is 2.56. The molecular formula is C13H18FNO. The molecule has 0 aliphatic heterocycles. The van der Waals surface area contributed by atoms with Crippen LogP contribution < -0.4 is 5.32 Å². The molecule has 1 aliphatic rings. The first kappa shape index (κ1) is 11.6. The molecule has 0 spiro atoms. The molecule has 0 radical (unpaired) electrons. The molecule has 16 heavy (non-hydrogen) atoms. The van der Waals surface area contributed by atoms with E-state index in [4.69, 9.17) is 4.74 Å². The Kier molecular flexibility index (Phi) is 3.56. The first-order chi connectivity index (χ1) is 7.69. The normalized spacial score (nSPS) is 26.2. The Hall–Kier alpha value is -0.930. The third kappa shape index (κ3) is 2.60. The lowest BCUT2D eigenvalue weighted by atomic mass is 9.88. The Balaban J connectivity index is 1.84. The second-order valence-electron chi connectivity index (χ2n) is 4.47. The molecule has 1 atom stereocenters. The number of halogens is 1. The van der Waals surface area contributed by atoms with E-state index in [0.29, 0.717) is 12.1 Å². The van der Waals surface area contributed by atoms with Crippen LogP contribution in [0.5, 0.6) is 0 Å². The predicted molar refractivity (Wildman–Crippen MR) is 61.8 cm³/mol. The average molecular weight is 223 g/mol. The molecule has 1 fully saturated rings. The van der Waals surface area contributed by atoms with Crippen LogP contribution in [0.2, 0.25) is 0 Å². The Bertz CT molecular complexity index is 332. The Morgan fingerprint density at radius 1 is 1.31 bits per heavy atom. The molecule has 1 N–H and O–H groups in total. The Labute approximate surface area is 95.8 Å². The smallest absolute Gasteiger partial charge is 0.123 e. The second kappa shape index (κ2) is 4.93. The number of ether oxygens (including phenoxy) is 1. The molecule has 1 unspecified atom stereocenters. The SMILES string of the molecule is COC1CC(NC(C)c2ccc(F)cc2)C1. The van der Waals surface area contributed by atoms with Crippen LogP contribution in [-0.4, -0.2) is 19.3 Å². The minimum Gasteiger partial charge on any atom is -0.381 e. The van der Waals surface area contributed by atoms with Crippen LogP contribution in [0.4, 0.5) is 4.39 Å². The van der Waals surface area contributed by atoms with Crippen molar-refractivity contribution in [2.24, 2.45) is 0 Å². The number of benzene rings is 1. The van der Waals surface area contributed by atoms with Crippen LogP contribution in [-0.2, 0) is 4.74 Å². The largest absolute Gasteiger partial charge is 0.381 e. The molecule has 1 saturated carbocycles. The summed E-state index contributed by atoms with van der Waals surface area (Å²) in [5.74, 6) is -0.181. The highest BCUT2D eigenvalue weighted by molar-refractivity contribution is 5.19. The lowest BCUT2D eigenvalue weighted by Crippen LogP contribution is -2.45. The Morgan fingerprint density at radius 3 is 2.50 bits per heavy atom. The number of nitrogens with one attached hydrogen (secondary N) is 1. The molecule has 0 saturated heterocycles. The lowest BCUT2D eigenvalue weighted by molar-refractivity contribution is 0.0147. The molecule has 0 aromatic heterocycles. The van der Waals surface area contributed by atoms with Crippen LogP contribution in [0.3, 0.4) is 0 Å². The lowest BCUT2D eigenvalue weighted by Gasteiger charge is -2.36. The number of rotatable bonds is 4.